The first-order valence-corrected chi connectivity index (χ1v) is 5.51. The van der Waals surface area contributed by atoms with Crippen LogP contribution in [0.4, 0.5) is 11.4 Å². The van der Waals surface area contributed by atoms with E-state index in [0.717, 1.165) is 11.3 Å². The molecule has 3 N–H and O–H groups in total. The van der Waals surface area contributed by atoms with E-state index in [1.54, 1.807) is 32.8 Å². The van der Waals surface area contributed by atoms with Gasteiger partial charge in [0, 0.05) is 24.2 Å². The van der Waals surface area contributed by atoms with E-state index in [9.17, 15) is 0 Å². The van der Waals surface area contributed by atoms with E-state index < -0.39 is 0 Å². The molecule has 5 nitrogen and oxygen atoms in total. The van der Waals surface area contributed by atoms with Gasteiger partial charge >= 0.3 is 0 Å². The molecule has 0 saturated carbocycles. The van der Waals surface area contributed by atoms with Crippen molar-refractivity contribution in [2.75, 3.05) is 25.3 Å². The van der Waals surface area contributed by atoms with Gasteiger partial charge in [-0.2, -0.15) is 0 Å². The zero-order chi connectivity index (χ0) is 13.0. The number of nitrogen functional groups attached to an aromatic ring is 1. The average molecular weight is 248 g/mol. The van der Waals surface area contributed by atoms with Crippen LogP contribution in [0, 0.1) is 0 Å². The van der Waals surface area contributed by atoms with E-state index in [1.807, 2.05) is 12.1 Å². The summed E-state index contributed by atoms with van der Waals surface area (Å²) >= 11 is 0. The van der Waals surface area contributed by atoms with E-state index in [-0.39, 0.29) is 0 Å². The van der Waals surface area contributed by atoms with Gasteiger partial charge < -0.3 is 24.9 Å². The highest BCUT2D eigenvalue weighted by Crippen LogP contribution is 2.34. The number of rotatable bonds is 5. The van der Waals surface area contributed by atoms with Crippen molar-refractivity contribution in [3.8, 4) is 11.5 Å². The second kappa shape index (κ2) is 5.35. The van der Waals surface area contributed by atoms with E-state index in [1.165, 1.54) is 0 Å². The van der Waals surface area contributed by atoms with Gasteiger partial charge in [0.25, 0.3) is 0 Å². The van der Waals surface area contributed by atoms with Crippen LogP contribution in [0.3, 0.4) is 0 Å². The van der Waals surface area contributed by atoms with E-state index >= 15 is 0 Å². The lowest BCUT2D eigenvalue weighted by molar-refractivity contribution is 0.355. The summed E-state index contributed by atoms with van der Waals surface area (Å²) in [5, 5.41) is 3.22. The van der Waals surface area contributed by atoms with Crippen LogP contribution in [-0.4, -0.2) is 14.2 Å². The van der Waals surface area contributed by atoms with Crippen LogP contribution < -0.4 is 20.5 Å². The lowest BCUT2D eigenvalue weighted by Gasteiger charge is -2.13. The summed E-state index contributed by atoms with van der Waals surface area (Å²) in [5.74, 6) is 1.25. The number of nitrogens with one attached hydrogen (secondary N) is 1. The zero-order valence-electron chi connectivity index (χ0n) is 10.4. The minimum absolute atomic E-state index is 0.608. The molecule has 0 aliphatic heterocycles. The third-order valence-electron chi connectivity index (χ3n) is 2.62. The Morgan fingerprint density at radius 2 is 1.94 bits per heavy atom. The molecule has 0 unspecified atom stereocenters. The van der Waals surface area contributed by atoms with Crippen molar-refractivity contribution >= 4 is 11.4 Å². The summed E-state index contributed by atoms with van der Waals surface area (Å²) in [5.41, 5.74) is 8.39. The Morgan fingerprint density at radius 3 is 2.56 bits per heavy atom. The number of nitrogens with two attached hydrogens (primary N) is 1. The Kier molecular flexibility index (Phi) is 3.62. The predicted molar refractivity (Wildman–Crippen MR) is 70.0 cm³/mol. The third-order valence-corrected chi connectivity index (χ3v) is 2.62. The number of furan rings is 1. The first-order chi connectivity index (χ1) is 8.74. The minimum atomic E-state index is 0.608. The molecule has 0 amide bonds. The first-order valence-electron chi connectivity index (χ1n) is 5.51. The number of hydrogen-bond acceptors (Lipinski definition) is 5. The smallest absolute Gasteiger partial charge is 0.162 e. The van der Waals surface area contributed by atoms with Gasteiger partial charge in [-0.1, -0.05) is 0 Å². The molecule has 0 fully saturated rings. The minimum Gasteiger partial charge on any atom is -0.493 e. The summed E-state index contributed by atoms with van der Waals surface area (Å²) in [6.45, 7) is 0.635. The van der Waals surface area contributed by atoms with E-state index in [4.69, 9.17) is 19.6 Å². The van der Waals surface area contributed by atoms with Gasteiger partial charge in [-0.25, -0.2) is 0 Å². The molecule has 0 aliphatic rings. The molecule has 2 aromatic rings. The summed E-state index contributed by atoms with van der Waals surface area (Å²) in [6.07, 6.45) is 3.32. The number of hydrogen-bond donors (Lipinski definition) is 2. The Hall–Kier alpha value is -2.30. The zero-order valence-corrected chi connectivity index (χ0v) is 10.4. The largest absolute Gasteiger partial charge is 0.493 e. The highest BCUT2D eigenvalue weighted by Gasteiger charge is 2.09. The van der Waals surface area contributed by atoms with E-state index in [2.05, 4.69) is 5.32 Å². The molecule has 18 heavy (non-hydrogen) atoms. The lowest BCUT2D eigenvalue weighted by Crippen LogP contribution is -2.03. The number of ether oxygens (including phenoxy) is 2. The third kappa shape index (κ3) is 2.51. The quantitative estimate of drug-likeness (QED) is 0.795. The number of anilines is 2. The molecule has 1 heterocycles. The van der Waals surface area contributed by atoms with E-state index in [0.29, 0.717) is 23.7 Å². The SMILES string of the molecule is COc1cc(N)c(NCc2ccoc2)cc1OC. The van der Waals surface area contributed by atoms with Gasteiger partial charge in [0.2, 0.25) is 0 Å². The molecule has 0 bridgehead atoms. The maximum absolute atomic E-state index is 5.94. The summed E-state index contributed by atoms with van der Waals surface area (Å²) in [7, 11) is 3.17. The normalized spacial score (nSPS) is 10.1. The monoisotopic (exact) mass is 248 g/mol. The number of methoxy groups -OCH3 is 2. The lowest BCUT2D eigenvalue weighted by atomic mass is 10.2. The van der Waals surface area contributed by atoms with Crippen LogP contribution in [0.1, 0.15) is 5.56 Å². The molecule has 0 saturated heterocycles. The number of benzene rings is 1. The summed E-state index contributed by atoms with van der Waals surface area (Å²) in [4.78, 5) is 0. The van der Waals surface area contributed by atoms with Crippen LogP contribution in [0.5, 0.6) is 11.5 Å². The molecule has 0 spiro atoms. The molecule has 0 radical (unpaired) electrons. The Balaban J connectivity index is 2.17. The predicted octanol–water partition coefficient (Wildman–Crippen LogP) is 2.49. The second-order valence-corrected chi connectivity index (χ2v) is 3.78. The topological polar surface area (TPSA) is 69.7 Å². The van der Waals surface area contributed by atoms with Crippen LogP contribution in [0.15, 0.2) is 35.1 Å². The van der Waals surface area contributed by atoms with Crippen molar-refractivity contribution in [3.63, 3.8) is 0 Å². The van der Waals surface area contributed by atoms with Crippen LogP contribution in [0.2, 0.25) is 0 Å². The van der Waals surface area contributed by atoms with Crippen molar-refractivity contribution in [2.45, 2.75) is 6.54 Å². The van der Waals surface area contributed by atoms with Crippen molar-refractivity contribution in [1.29, 1.82) is 0 Å². The fourth-order valence-electron chi connectivity index (χ4n) is 1.64. The maximum Gasteiger partial charge on any atom is 0.162 e. The molecule has 1 aromatic carbocycles. The molecule has 96 valence electrons. The van der Waals surface area contributed by atoms with Crippen LogP contribution >= 0.6 is 0 Å². The highest BCUT2D eigenvalue weighted by molar-refractivity contribution is 5.72. The second-order valence-electron chi connectivity index (χ2n) is 3.78. The van der Waals surface area contributed by atoms with Gasteiger partial charge in [-0.05, 0) is 6.07 Å². The van der Waals surface area contributed by atoms with Crippen molar-refractivity contribution in [2.24, 2.45) is 0 Å². The molecule has 5 heteroatoms. The highest BCUT2D eigenvalue weighted by atomic mass is 16.5. The summed E-state index contributed by atoms with van der Waals surface area (Å²) in [6, 6.07) is 5.44. The molecule has 0 aliphatic carbocycles. The van der Waals surface area contributed by atoms with Crippen molar-refractivity contribution < 1.29 is 13.9 Å². The molecular weight excluding hydrogens is 232 g/mol. The Bertz CT molecular complexity index is 509. The molecule has 1 aromatic heterocycles. The fourth-order valence-corrected chi connectivity index (χ4v) is 1.64. The van der Waals surface area contributed by atoms with Crippen molar-refractivity contribution in [3.05, 3.63) is 36.3 Å². The Morgan fingerprint density at radius 1 is 1.22 bits per heavy atom. The van der Waals surface area contributed by atoms with Gasteiger partial charge in [0.1, 0.15) is 0 Å². The maximum atomic E-state index is 5.94. The molecule has 0 atom stereocenters. The molecular formula is C13H16N2O3. The van der Waals surface area contributed by atoms with Gasteiger partial charge in [-0.3, -0.25) is 0 Å². The molecule has 2 rings (SSSR count). The fraction of sp³-hybridized carbons (Fsp3) is 0.231. The van der Waals surface area contributed by atoms with Crippen LogP contribution in [0.25, 0.3) is 0 Å². The van der Waals surface area contributed by atoms with Gasteiger partial charge in [0.05, 0.1) is 38.1 Å². The standard InChI is InChI=1S/C13H16N2O3/c1-16-12-5-10(14)11(6-13(12)17-2)15-7-9-3-4-18-8-9/h3-6,8,15H,7,14H2,1-2H3. The Labute approximate surface area is 105 Å². The van der Waals surface area contributed by atoms with Gasteiger partial charge in [0.15, 0.2) is 11.5 Å². The first kappa shape index (κ1) is 12.2. The van der Waals surface area contributed by atoms with Gasteiger partial charge in [-0.15, -0.1) is 0 Å². The van der Waals surface area contributed by atoms with Crippen LogP contribution in [-0.2, 0) is 6.54 Å². The average Bonchev–Trinajstić information content (AvgIpc) is 2.90. The summed E-state index contributed by atoms with van der Waals surface area (Å²) < 4.78 is 15.4. The van der Waals surface area contributed by atoms with Crippen molar-refractivity contribution in [1.82, 2.24) is 0 Å².